The van der Waals surface area contributed by atoms with Crippen molar-refractivity contribution >= 4 is 9.24 Å². The molecule has 0 fully saturated rings. The van der Waals surface area contributed by atoms with Gasteiger partial charge in [0.2, 0.25) is 0 Å². The van der Waals surface area contributed by atoms with E-state index in [2.05, 4.69) is 14.4 Å². The maximum absolute atomic E-state index is 9.51. The number of hydrogen-bond donors (Lipinski definition) is 0. The molecule has 0 spiro atoms. The monoisotopic (exact) mass is 119 g/mol. The highest BCUT2D eigenvalue weighted by Gasteiger charge is 1.94. The summed E-state index contributed by atoms with van der Waals surface area (Å²) < 4.78 is 0. The quantitative estimate of drug-likeness (QED) is 0.408. The molecule has 0 aliphatic heterocycles. The van der Waals surface area contributed by atoms with Crippen LogP contribution in [0.5, 0.6) is 0 Å². The first-order chi connectivity index (χ1) is 3.31. The average Bonchev–Trinajstić information content (AvgIpc) is 1.68. The van der Waals surface area contributed by atoms with E-state index in [9.17, 15) is 4.91 Å². The van der Waals surface area contributed by atoms with E-state index in [1.807, 2.05) is 6.92 Å². The summed E-state index contributed by atoms with van der Waals surface area (Å²) in [7, 11) is 2.56. The highest BCUT2D eigenvalue weighted by Crippen LogP contribution is 2.03. The van der Waals surface area contributed by atoms with Gasteiger partial charge in [-0.1, -0.05) is 12.1 Å². The van der Waals surface area contributed by atoms with Gasteiger partial charge >= 0.3 is 0 Å². The van der Waals surface area contributed by atoms with Gasteiger partial charge in [-0.25, -0.2) is 0 Å². The lowest BCUT2D eigenvalue weighted by molar-refractivity contribution is 0.825. The molecule has 0 bridgehead atoms. The summed E-state index contributed by atoms with van der Waals surface area (Å²) in [5.74, 6) is 0. The molecule has 42 valence electrons. The molecule has 0 aliphatic rings. The first kappa shape index (κ1) is 7.03. The van der Waals surface area contributed by atoms with Gasteiger partial charge in [0, 0.05) is 0 Å². The Morgan fingerprint density at radius 2 is 2.43 bits per heavy atom. The fraction of sp³-hybridized carbons (Fsp3) is 1.00. The molecule has 0 N–H and O–H groups in total. The van der Waals surface area contributed by atoms with Gasteiger partial charge in [0.05, 0.1) is 6.54 Å². The molecule has 3 heteroatoms. The zero-order chi connectivity index (χ0) is 5.70. The molecule has 2 nitrogen and oxygen atoms in total. The zero-order valence-corrected chi connectivity index (χ0v) is 5.58. The highest BCUT2D eigenvalue weighted by molar-refractivity contribution is 7.17. The third kappa shape index (κ3) is 3.87. The average molecular weight is 119 g/mol. The molecule has 0 radical (unpaired) electrons. The smallest absolute Gasteiger partial charge is 0.0873 e. The van der Waals surface area contributed by atoms with Crippen LogP contribution in [0.3, 0.4) is 0 Å². The van der Waals surface area contributed by atoms with Crippen LogP contribution in [0.1, 0.15) is 13.3 Å². The summed E-state index contributed by atoms with van der Waals surface area (Å²) in [6.45, 7) is 2.46. The van der Waals surface area contributed by atoms with Crippen molar-refractivity contribution in [2.75, 3.05) is 6.54 Å². The molecule has 2 atom stereocenters. The van der Waals surface area contributed by atoms with Crippen LogP contribution < -0.4 is 0 Å². The molecule has 0 heterocycles. The lowest BCUT2D eigenvalue weighted by Gasteiger charge is -1.96. The molecule has 0 aromatic rings. The van der Waals surface area contributed by atoms with Crippen molar-refractivity contribution in [1.82, 2.24) is 0 Å². The summed E-state index contributed by atoms with van der Waals surface area (Å²) in [6, 6.07) is 0. The molecule has 0 aromatic carbocycles. The Morgan fingerprint density at radius 3 is 2.57 bits per heavy atom. The minimum absolute atomic E-state index is 0.387. The molecule has 0 saturated carbocycles. The van der Waals surface area contributed by atoms with E-state index in [0.29, 0.717) is 12.2 Å². The lowest BCUT2D eigenvalue weighted by atomic mass is 10.3. The van der Waals surface area contributed by atoms with Gasteiger partial charge in [-0.3, -0.25) is 0 Å². The molecule has 7 heavy (non-hydrogen) atoms. The Bertz CT molecular complexity index is 57.7. The van der Waals surface area contributed by atoms with Crippen molar-refractivity contribution in [2.45, 2.75) is 19.0 Å². The predicted molar refractivity (Wildman–Crippen MR) is 34.5 cm³/mol. The number of nitrogens with zero attached hydrogens (tertiary/aromatic N) is 1. The maximum atomic E-state index is 9.51. The minimum Gasteiger partial charge on any atom is -0.151 e. The standard InChI is InChI=1S/C4H10NOP/c1-2-4(7)3-5-6/h4H,2-3,7H2,1H3. The molecular formula is C4H10NOP. The van der Waals surface area contributed by atoms with Gasteiger partial charge in [-0.05, 0) is 12.1 Å². The number of hydrogen-bond acceptors (Lipinski definition) is 2. The van der Waals surface area contributed by atoms with Gasteiger partial charge < -0.3 is 0 Å². The minimum atomic E-state index is 0.387. The van der Waals surface area contributed by atoms with Crippen molar-refractivity contribution in [2.24, 2.45) is 5.18 Å². The molecule has 0 rings (SSSR count). The lowest BCUT2D eigenvalue weighted by Crippen LogP contribution is -1.97. The molecule has 0 amide bonds. The Labute approximate surface area is 45.9 Å². The molecule has 2 unspecified atom stereocenters. The van der Waals surface area contributed by atoms with Gasteiger partial charge in [-0.15, -0.1) is 9.24 Å². The van der Waals surface area contributed by atoms with E-state index in [-0.39, 0.29) is 0 Å². The molecule has 0 aromatic heterocycles. The fourth-order valence-electron chi connectivity index (χ4n) is 0.225. The first-order valence-corrected chi connectivity index (χ1v) is 3.02. The van der Waals surface area contributed by atoms with E-state index in [1.54, 1.807) is 0 Å². The first-order valence-electron chi connectivity index (χ1n) is 2.36. The van der Waals surface area contributed by atoms with Gasteiger partial charge in [0.25, 0.3) is 0 Å². The normalized spacial score (nSPS) is 13.4. The molecule has 0 saturated heterocycles. The van der Waals surface area contributed by atoms with Crippen LogP contribution in [0, 0.1) is 4.91 Å². The molecule has 0 aliphatic carbocycles. The SMILES string of the molecule is CCC(P)CN=O. The Balaban J connectivity index is 2.98. The van der Waals surface area contributed by atoms with Crippen LogP contribution in [0.2, 0.25) is 0 Å². The Hall–Kier alpha value is 0.0300. The third-order valence-electron chi connectivity index (χ3n) is 0.833. The fourth-order valence-corrected chi connectivity index (χ4v) is 0.311. The topological polar surface area (TPSA) is 29.4 Å². The van der Waals surface area contributed by atoms with Crippen molar-refractivity contribution in [3.05, 3.63) is 4.91 Å². The number of rotatable bonds is 3. The largest absolute Gasteiger partial charge is 0.151 e. The van der Waals surface area contributed by atoms with Crippen molar-refractivity contribution in [3.63, 3.8) is 0 Å². The van der Waals surface area contributed by atoms with E-state index in [1.165, 1.54) is 0 Å². The van der Waals surface area contributed by atoms with Gasteiger partial charge in [0.15, 0.2) is 0 Å². The van der Waals surface area contributed by atoms with Crippen LogP contribution in [0.25, 0.3) is 0 Å². The van der Waals surface area contributed by atoms with Crippen molar-refractivity contribution in [3.8, 4) is 0 Å². The third-order valence-corrected chi connectivity index (χ3v) is 1.52. The second-order valence-corrected chi connectivity index (χ2v) is 2.42. The van der Waals surface area contributed by atoms with Crippen LogP contribution in [0.4, 0.5) is 0 Å². The van der Waals surface area contributed by atoms with E-state index >= 15 is 0 Å². The van der Waals surface area contributed by atoms with Crippen LogP contribution in [-0.2, 0) is 0 Å². The second kappa shape index (κ2) is 4.20. The maximum Gasteiger partial charge on any atom is 0.0873 e. The van der Waals surface area contributed by atoms with E-state index in [0.717, 1.165) is 6.42 Å². The zero-order valence-electron chi connectivity index (χ0n) is 4.42. The summed E-state index contributed by atoms with van der Waals surface area (Å²) in [5, 5.41) is 2.74. The second-order valence-electron chi connectivity index (χ2n) is 1.48. The summed E-state index contributed by atoms with van der Waals surface area (Å²) >= 11 is 0. The van der Waals surface area contributed by atoms with E-state index < -0.39 is 0 Å². The predicted octanol–water partition coefficient (Wildman–Crippen LogP) is 1.41. The Morgan fingerprint density at radius 1 is 1.86 bits per heavy atom. The molecular weight excluding hydrogens is 109 g/mol. The van der Waals surface area contributed by atoms with Crippen LogP contribution in [0.15, 0.2) is 5.18 Å². The van der Waals surface area contributed by atoms with Gasteiger partial charge in [0.1, 0.15) is 0 Å². The number of nitroso groups, excluding NO2 is 1. The van der Waals surface area contributed by atoms with Crippen molar-refractivity contribution < 1.29 is 0 Å². The van der Waals surface area contributed by atoms with Crippen LogP contribution >= 0.6 is 9.24 Å². The van der Waals surface area contributed by atoms with Crippen LogP contribution in [-0.4, -0.2) is 12.2 Å². The van der Waals surface area contributed by atoms with E-state index in [4.69, 9.17) is 0 Å². The summed E-state index contributed by atoms with van der Waals surface area (Å²) in [4.78, 5) is 9.51. The Kier molecular flexibility index (Phi) is 4.21. The van der Waals surface area contributed by atoms with Crippen molar-refractivity contribution in [1.29, 1.82) is 0 Å². The summed E-state index contributed by atoms with van der Waals surface area (Å²) in [6.07, 6.45) is 1.01. The highest BCUT2D eigenvalue weighted by atomic mass is 31.0. The summed E-state index contributed by atoms with van der Waals surface area (Å²) in [5.41, 5.74) is 0.387. The van der Waals surface area contributed by atoms with Gasteiger partial charge in [-0.2, -0.15) is 4.91 Å².